The normalized spacial score (nSPS) is 12.8. The third kappa shape index (κ3) is 2.37. The Hall–Kier alpha value is -0.610. The second kappa shape index (κ2) is 5.64. The molecule has 0 saturated heterocycles. The zero-order valence-corrected chi connectivity index (χ0v) is 14.0. The molecular formula is C15H8BrCl2FS. The zero-order chi connectivity index (χ0) is 14.3. The summed E-state index contributed by atoms with van der Waals surface area (Å²) in [7, 11) is 0. The molecule has 5 heteroatoms. The second-order valence-corrected chi connectivity index (χ2v) is 6.86. The van der Waals surface area contributed by atoms with Gasteiger partial charge in [-0.1, -0.05) is 35.9 Å². The molecule has 0 nitrogen and oxygen atoms in total. The highest BCUT2D eigenvalue weighted by molar-refractivity contribution is 9.10. The molecule has 1 atom stereocenters. The Morgan fingerprint density at radius 3 is 2.65 bits per heavy atom. The van der Waals surface area contributed by atoms with Crippen molar-refractivity contribution < 1.29 is 4.39 Å². The summed E-state index contributed by atoms with van der Waals surface area (Å²) in [6.45, 7) is 0. The van der Waals surface area contributed by atoms with Crippen molar-refractivity contribution >= 4 is 60.6 Å². The van der Waals surface area contributed by atoms with Crippen LogP contribution in [0.1, 0.15) is 16.5 Å². The standard InChI is InChI=1S/C15H8BrCl2FS/c16-11-5-1-3-8-10(7-20-15(8)11)13(17)9-4-2-6-12(19)14(9)18/h1-7,13H. The zero-order valence-electron chi connectivity index (χ0n) is 10.0. The van der Waals surface area contributed by atoms with E-state index in [2.05, 4.69) is 15.9 Å². The van der Waals surface area contributed by atoms with Crippen LogP contribution in [-0.2, 0) is 0 Å². The third-order valence-corrected chi connectivity index (χ3v) is 5.95. The van der Waals surface area contributed by atoms with Gasteiger partial charge in [0.15, 0.2) is 0 Å². The quantitative estimate of drug-likeness (QED) is 0.423. The van der Waals surface area contributed by atoms with Gasteiger partial charge in [0.2, 0.25) is 0 Å². The Balaban J connectivity index is 2.16. The van der Waals surface area contributed by atoms with E-state index in [1.807, 2.05) is 23.6 Å². The average Bonchev–Trinajstić information content (AvgIpc) is 2.86. The van der Waals surface area contributed by atoms with Crippen molar-refractivity contribution in [1.82, 2.24) is 0 Å². The van der Waals surface area contributed by atoms with Crippen molar-refractivity contribution in [3.05, 3.63) is 68.2 Å². The number of thiophene rings is 1. The first-order chi connectivity index (χ1) is 9.59. The highest BCUT2D eigenvalue weighted by Crippen LogP contribution is 2.42. The lowest BCUT2D eigenvalue weighted by molar-refractivity contribution is 0.626. The maximum absolute atomic E-state index is 13.6. The van der Waals surface area contributed by atoms with Crippen LogP contribution in [0.5, 0.6) is 0 Å². The van der Waals surface area contributed by atoms with Crippen molar-refractivity contribution in [3.63, 3.8) is 0 Å². The fourth-order valence-corrected chi connectivity index (χ4v) is 4.50. The first kappa shape index (κ1) is 14.3. The molecular weight excluding hydrogens is 382 g/mol. The lowest BCUT2D eigenvalue weighted by Gasteiger charge is -2.11. The molecule has 2 aromatic carbocycles. The van der Waals surface area contributed by atoms with E-state index in [9.17, 15) is 4.39 Å². The molecule has 0 aliphatic heterocycles. The summed E-state index contributed by atoms with van der Waals surface area (Å²) >= 11 is 17.7. The molecule has 20 heavy (non-hydrogen) atoms. The van der Waals surface area contributed by atoms with Crippen molar-refractivity contribution in [1.29, 1.82) is 0 Å². The van der Waals surface area contributed by atoms with Gasteiger partial charge in [0, 0.05) is 9.17 Å². The number of benzene rings is 2. The summed E-state index contributed by atoms with van der Waals surface area (Å²) in [6, 6.07) is 10.7. The molecule has 0 saturated carbocycles. The molecule has 0 amide bonds. The van der Waals surface area contributed by atoms with Crippen LogP contribution in [-0.4, -0.2) is 0 Å². The molecule has 0 N–H and O–H groups in total. The lowest BCUT2D eigenvalue weighted by atomic mass is 10.0. The fourth-order valence-electron chi connectivity index (χ4n) is 2.12. The number of hydrogen-bond donors (Lipinski definition) is 0. The van der Waals surface area contributed by atoms with Crippen molar-refractivity contribution in [2.75, 3.05) is 0 Å². The number of rotatable bonds is 2. The van der Waals surface area contributed by atoms with Crippen LogP contribution >= 0.6 is 50.5 Å². The summed E-state index contributed by atoms with van der Waals surface area (Å²) in [5.74, 6) is -0.449. The van der Waals surface area contributed by atoms with Gasteiger partial charge in [-0.25, -0.2) is 4.39 Å². The minimum atomic E-state index is -0.471. The van der Waals surface area contributed by atoms with E-state index in [4.69, 9.17) is 23.2 Å². The van der Waals surface area contributed by atoms with Crippen LogP contribution in [0.3, 0.4) is 0 Å². The van der Waals surface area contributed by atoms with Gasteiger partial charge in [0.25, 0.3) is 0 Å². The minimum absolute atomic E-state index is 0.0850. The maximum Gasteiger partial charge on any atom is 0.142 e. The highest BCUT2D eigenvalue weighted by atomic mass is 79.9. The highest BCUT2D eigenvalue weighted by Gasteiger charge is 2.20. The number of fused-ring (bicyclic) bond motifs is 1. The van der Waals surface area contributed by atoms with Gasteiger partial charge in [-0.3, -0.25) is 0 Å². The Labute approximate surface area is 138 Å². The maximum atomic E-state index is 13.6. The lowest BCUT2D eigenvalue weighted by Crippen LogP contribution is -1.95. The van der Waals surface area contributed by atoms with Gasteiger partial charge in [-0.15, -0.1) is 22.9 Å². The van der Waals surface area contributed by atoms with E-state index in [1.54, 1.807) is 23.5 Å². The topological polar surface area (TPSA) is 0 Å². The Morgan fingerprint density at radius 2 is 1.85 bits per heavy atom. The molecule has 102 valence electrons. The van der Waals surface area contributed by atoms with E-state index < -0.39 is 11.2 Å². The van der Waals surface area contributed by atoms with Crippen molar-refractivity contribution in [2.45, 2.75) is 5.38 Å². The van der Waals surface area contributed by atoms with Gasteiger partial charge in [0.05, 0.1) is 10.4 Å². The molecule has 1 unspecified atom stereocenters. The summed E-state index contributed by atoms with van der Waals surface area (Å²) < 4.78 is 15.7. The molecule has 0 aliphatic carbocycles. The van der Waals surface area contributed by atoms with Crippen molar-refractivity contribution in [3.8, 4) is 0 Å². The predicted octanol–water partition coefficient (Wildman–Crippen LogP) is 6.78. The Kier molecular flexibility index (Phi) is 4.04. The number of halogens is 4. The van der Waals surface area contributed by atoms with Gasteiger partial charge >= 0.3 is 0 Å². The average molecular weight is 390 g/mol. The van der Waals surface area contributed by atoms with Crippen LogP contribution in [0.2, 0.25) is 5.02 Å². The monoisotopic (exact) mass is 388 g/mol. The third-order valence-electron chi connectivity index (χ3n) is 3.11. The van der Waals surface area contributed by atoms with E-state index in [0.29, 0.717) is 5.56 Å². The number of hydrogen-bond acceptors (Lipinski definition) is 1. The van der Waals surface area contributed by atoms with Gasteiger partial charge in [-0.2, -0.15) is 0 Å². The summed E-state index contributed by atoms with van der Waals surface area (Å²) in [5.41, 5.74) is 1.54. The molecule has 3 aromatic rings. The molecule has 1 aromatic heterocycles. The van der Waals surface area contributed by atoms with Crippen LogP contribution in [0, 0.1) is 5.82 Å². The predicted molar refractivity (Wildman–Crippen MR) is 88.6 cm³/mol. The van der Waals surface area contributed by atoms with Gasteiger partial charge in [0.1, 0.15) is 5.82 Å². The number of alkyl halides is 1. The van der Waals surface area contributed by atoms with Gasteiger partial charge in [-0.05, 0) is 50.0 Å². The fraction of sp³-hybridized carbons (Fsp3) is 0.0667. The second-order valence-electron chi connectivity index (χ2n) is 4.31. The summed E-state index contributed by atoms with van der Waals surface area (Å²) in [4.78, 5) is 0. The first-order valence-corrected chi connectivity index (χ1v) is 8.32. The summed E-state index contributed by atoms with van der Waals surface area (Å²) in [5, 5.41) is 2.67. The van der Waals surface area contributed by atoms with E-state index in [-0.39, 0.29) is 5.02 Å². The van der Waals surface area contributed by atoms with Crippen LogP contribution in [0.15, 0.2) is 46.3 Å². The SMILES string of the molecule is Fc1cccc(C(Cl)c2csc3c(Br)cccc23)c1Cl. The van der Waals surface area contributed by atoms with Crippen LogP contribution in [0.4, 0.5) is 4.39 Å². The Morgan fingerprint density at radius 1 is 1.10 bits per heavy atom. The van der Waals surface area contributed by atoms with E-state index in [0.717, 1.165) is 20.1 Å². The van der Waals surface area contributed by atoms with Crippen molar-refractivity contribution in [2.24, 2.45) is 0 Å². The largest absolute Gasteiger partial charge is 0.205 e. The molecule has 3 rings (SSSR count). The molecule has 0 spiro atoms. The van der Waals surface area contributed by atoms with E-state index in [1.165, 1.54) is 6.07 Å². The Bertz CT molecular complexity index is 785. The van der Waals surface area contributed by atoms with Crippen LogP contribution in [0.25, 0.3) is 10.1 Å². The molecule has 1 heterocycles. The first-order valence-electron chi connectivity index (χ1n) is 5.83. The molecule has 0 aliphatic rings. The molecule has 0 bridgehead atoms. The molecule has 0 fully saturated rings. The van der Waals surface area contributed by atoms with E-state index >= 15 is 0 Å². The summed E-state index contributed by atoms with van der Waals surface area (Å²) in [6.07, 6.45) is 0. The minimum Gasteiger partial charge on any atom is -0.205 e. The van der Waals surface area contributed by atoms with Crippen LogP contribution < -0.4 is 0 Å². The molecule has 0 radical (unpaired) electrons. The van der Waals surface area contributed by atoms with Gasteiger partial charge < -0.3 is 0 Å². The smallest absolute Gasteiger partial charge is 0.142 e.